The standard InChI is InChI=1S/C31H40N8O2/c1-5-32-28-16-27-26(17-33-28)31(22-8-6-21(7-9-22)18-38-19-24(20-38)36(2)3)35-39(27)23-10-12-25(13-11-23)41-29-14-15-30(40)37(4)34-29/h6-9,14-17,23-25H,5,10-13,18-20H2,1-4H3,(H,32,33)/t23-,25+. The lowest BCUT2D eigenvalue weighted by atomic mass is 9.93. The fourth-order valence-electron chi connectivity index (χ4n) is 5.95. The van der Waals surface area contributed by atoms with Gasteiger partial charge in [-0.15, -0.1) is 5.10 Å². The minimum absolute atomic E-state index is 0.0727. The zero-order chi connectivity index (χ0) is 28.5. The highest BCUT2D eigenvalue weighted by molar-refractivity contribution is 5.94. The van der Waals surface area contributed by atoms with Gasteiger partial charge in [-0.2, -0.15) is 5.10 Å². The van der Waals surface area contributed by atoms with Gasteiger partial charge in [0.15, 0.2) is 0 Å². The Morgan fingerprint density at radius 3 is 2.46 bits per heavy atom. The van der Waals surface area contributed by atoms with Gasteiger partial charge in [0.2, 0.25) is 5.88 Å². The number of aryl methyl sites for hydroxylation is 1. The fourth-order valence-corrected chi connectivity index (χ4v) is 5.95. The van der Waals surface area contributed by atoms with Gasteiger partial charge in [-0.25, -0.2) is 9.67 Å². The van der Waals surface area contributed by atoms with Gasteiger partial charge in [0, 0.05) is 74.6 Å². The number of nitrogens with zero attached hydrogens (tertiary/aromatic N) is 7. The summed E-state index contributed by atoms with van der Waals surface area (Å²) in [6.07, 6.45) is 5.74. The van der Waals surface area contributed by atoms with Crippen LogP contribution in [0, 0.1) is 0 Å². The molecule has 1 aromatic carbocycles. The number of pyridine rings is 1. The van der Waals surface area contributed by atoms with E-state index < -0.39 is 0 Å². The number of nitrogens with one attached hydrogen (secondary N) is 1. The summed E-state index contributed by atoms with van der Waals surface area (Å²) in [5.41, 5.74) is 4.38. The third-order valence-corrected chi connectivity index (χ3v) is 8.46. The number of hydrogen-bond acceptors (Lipinski definition) is 8. The van der Waals surface area contributed by atoms with Crippen molar-refractivity contribution in [2.45, 2.75) is 57.3 Å². The lowest BCUT2D eigenvalue weighted by Crippen LogP contribution is -2.56. The van der Waals surface area contributed by atoms with Crippen LogP contribution in [0.1, 0.15) is 44.2 Å². The van der Waals surface area contributed by atoms with Gasteiger partial charge in [-0.3, -0.25) is 14.4 Å². The molecule has 3 aromatic heterocycles. The maximum atomic E-state index is 11.7. The smallest absolute Gasteiger partial charge is 0.266 e. The molecule has 1 saturated heterocycles. The van der Waals surface area contributed by atoms with Gasteiger partial charge in [-0.05, 0) is 52.3 Å². The van der Waals surface area contributed by atoms with Crippen LogP contribution in [-0.2, 0) is 13.6 Å². The zero-order valence-electron chi connectivity index (χ0n) is 24.5. The molecule has 1 saturated carbocycles. The molecule has 6 rings (SSSR count). The summed E-state index contributed by atoms with van der Waals surface area (Å²) in [6, 6.07) is 15.1. The van der Waals surface area contributed by atoms with E-state index in [4.69, 9.17) is 9.84 Å². The molecule has 0 unspecified atom stereocenters. The number of benzene rings is 1. The van der Waals surface area contributed by atoms with Crippen molar-refractivity contribution in [2.75, 3.05) is 39.0 Å². The van der Waals surface area contributed by atoms with Crippen molar-refractivity contribution in [1.82, 2.24) is 34.3 Å². The van der Waals surface area contributed by atoms with Crippen LogP contribution in [0.2, 0.25) is 0 Å². The van der Waals surface area contributed by atoms with E-state index >= 15 is 0 Å². The number of likely N-dealkylation sites (tertiary alicyclic amines) is 1. The molecule has 41 heavy (non-hydrogen) atoms. The molecule has 2 fully saturated rings. The summed E-state index contributed by atoms with van der Waals surface area (Å²) >= 11 is 0. The Balaban J connectivity index is 1.20. The lowest BCUT2D eigenvalue weighted by Gasteiger charge is -2.42. The average molecular weight is 557 g/mol. The molecule has 0 bridgehead atoms. The second-order valence-corrected chi connectivity index (χ2v) is 11.6. The van der Waals surface area contributed by atoms with Crippen molar-refractivity contribution < 1.29 is 4.74 Å². The Morgan fingerprint density at radius 2 is 1.78 bits per heavy atom. The van der Waals surface area contributed by atoms with Gasteiger partial charge in [0.25, 0.3) is 5.56 Å². The molecule has 10 heteroatoms. The van der Waals surface area contributed by atoms with Crippen LogP contribution in [0.3, 0.4) is 0 Å². The van der Waals surface area contributed by atoms with Crippen molar-refractivity contribution in [2.24, 2.45) is 7.05 Å². The van der Waals surface area contributed by atoms with Crippen molar-refractivity contribution in [1.29, 1.82) is 0 Å². The highest BCUT2D eigenvalue weighted by atomic mass is 16.5. The van der Waals surface area contributed by atoms with E-state index in [-0.39, 0.29) is 17.7 Å². The Hall–Kier alpha value is -3.76. The Bertz CT molecular complexity index is 1550. The Morgan fingerprint density at radius 1 is 1.02 bits per heavy atom. The van der Waals surface area contributed by atoms with E-state index in [0.29, 0.717) is 11.9 Å². The predicted octanol–water partition coefficient (Wildman–Crippen LogP) is 3.93. The first-order valence-electron chi connectivity index (χ1n) is 14.7. The Kier molecular flexibility index (Phi) is 7.77. The van der Waals surface area contributed by atoms with Gasteiger partial charge >= 0.3 is 0 Å². The van der Waals surface area contributed by atoms with E-state index in [0.717, 1.165) is 79.8 Å². The monoisotopic (exact) mass is 556 g/mol. The maximum absolute atomic E-state index is 11.7. The van der Waals surface area contributed by atoms with E-state index in [1.807, 2.05) is 6.20 Å². The number of ether oxygens (including phenoxy) is 1. The largest absolute Gasteiger partial charge is 0.473 e. The first kappa shape index (κ1) is 27.4. The molecule has 0 amide bonds. The molecule has 1 aliphatic heterocycles. The summed E-state index contributed by atoms with van der Waals surface area (Å²) in [5.74, 6) is 1.37. The number of likely N-dealkylation sites (N-methyl/N-ethyl adjacent to an activating group) is 1. The van der Waals surface area contributed by atoms with E-state index in [9.17, 15) is 4.79 Å². The molecular weight excluding hydrogens is 516 g/mol. The van der Waals surface area contributed by atoms with Crippen LogP contribution in [0.25, 0.3) is 22.2 Å². The molecule has 4 heterocycles. The molecular formula is C31H40N8O2. The summed E-state index contributed by atoms with van der Waals surface area (Å²) in [5, 5.41) is 13.9. The average Bonchev–Trinajstić information content (AvgIpc) is 3.32. The third kappa shape index (κ3) is 5.85. The SMILES string of the molecule is CCNc1cc2c(cn1)c(-c1ccc(CN3CC(N(C)C)C3)cc1)nn2[C@H]1CC[C@@H](Oc2ccc(=O)n(C)n2)CC1. The molecule has 1 aliphatic carbocycles. The van der Waals surface area contributed by atoms with Gasteiger partial charge < -0.3 is 15.0 Å². The highest BCUT2D eigenvalue weighted by Crippen LogP contribution is 2.36. The van der Waals surface area contributed by atoms with Crippen LogP contribution in [0.5, 0.6) is 5.88 Å². The number of rotatable bonds is 9. The van der Waals surface area contributed by atoms with Crippen LogP contribution < -0.4 is 15.6 Å². The van der Waals surface area contributed by atoms with E-state index in [2.05, 4.69) is 81.2 Å². The zero-order valence-corrected chi connectivity index (χ0v) is 24.5. The lowest BCUT2D eigenvalue weighted by molar-refractivity contribution is 0.0574. The fraction of sp³-hybridized carbons (Fsp3) is 0.484. The molecule has 10 nitrogen and oxygen atoms in total. The molecule has 1 N–H and O–H groups in total. The van der Waals surface area contributed by atoms with Crippen molar-refractivity contribution in [3.63, 3.8) is 0 Å². The minimum atomic E-state index is -0.141. The summed E-state index contributed by atoms with van der Waals surface area (Å²) < 4.78 is 9.65. The Labute approximate surface area is 240 Å². The van der Waals surface area contributed by atoms with Crippen LogP contribution in [0.15, 0.2) is 53.5 Å². The minimum Gasteiger partial charge on any atom is -0.473 e. The second kappa shape index (κ2) is 11.6. The summed E-state index contributed by atoms with van der Waals surface area (Å²) in [6.45, 7) is 6.12. The predicted molar refractivity (Wildman–Crippen MR) is 161 cm³/mol. The van der Waals surface area contributed by atoms with E-state index in [1.54, 1.807) is 13.1 Å². The van der Waals surface area contributed by atoms with Crippen LogP contribution in [0.4, 0.5) is 5.82 Å². The summed E-state index contributed by atoms with van der Waals surface area (Å²) in [7, 11) is 5.95. The van der Waals surface area contributed by atoms with Crippen molar-refractivity contribution >= 4 is 16.7 Å². The highest BCUT2D eigenvalue weighted by Gasteiger charge is 2.29. The van der Waals surface area contributed by atoms with Gasteiger partial charge in [-0.1, -0.05) is 24.3 Å². The van der Waals surface area contributed by atoms with Gasteiger partial charge in [0.05, 0.1) is 11.6 Å². The number of aromatic nitrogens is 5. The molecule has 0 atom stereocenters. The molecule has 2 aliphatic rings. The number of fused-ring (bicyclic) bond motifs is 1. The van der Waals surface area contributed by atoms with Crippen molar-refractivity contribution in [3.8, 4) is 17.1 Å². The quantitative estimate of drug-likeness (QED) is 0.332. The van der Waals surface area contributed by atoms with Gasteiger partial charge in [0.1, 0.15) is 17.6 Å². The van der Waals surface area contributed by atoms with E-state index in [1.165, 1.54) is 16.3 Å². The second-order valence-electron chi connectivity index (χ2n) is 11.6. The summed E-state index contributed by atoms with van der Waals surface area (Å²) in [4.78, 5) is 21.1. The third-order valence-electron chi connectivity index (χ3n) is 8.46. The topological polar surface area (TPSA) is 93.3 Å². The molecule has 4 aromatic rings. The number of anilines is 1. The van der Waals surface area contributed by atoms with Crippen molar-refractivity contribution in [3.05, 3.63) is 64.6 Å². The van der Waals surface area contributed by atoms with Crippen LogP contribution in [-0.4, -0.2) is 80.2 Å². The normalized spacial score (nSPS) is 19.9. The first-order valence-corrected chi connectivity index (χ1v) is 14.7. The number of hydrogen-bond donors (Lipinski definition) is 1. The first-order chi connectivity index (χ1) is 19.9. The molecule has 0 spiro atoms. The molecule has 216 valence electrons. The molecule has 0 radical (unpaired) electrons. The van der Waals surface area contributed by atoms with Crippen LogP contribution >= 0.6 is 0 Å². The maximum Gasteiger partial charge on any atom is 0.266 e.